The molecule has 2 aromatic carbocycles. The summed E-state index contributed by atoms with van der Waals surface area (Å²) in [6, 6.07) is 18.5. The van der Waals surface area contributed by atoms with Crippen LogP contribution in [0, 0.1) is 6.92 Å². The van der Waals surface area contributed by atoms with E-state index < -0.39 is 0 Å². The molecule has 0 aliphatic carbocycles. The molecule has 4 nitrogen and oxygen atoms in total. The van der Waals surface area contributed by atoms with E-state index in [1.54, 1.807) is 0 Å². The lowest BCUT2D eigenvalue weighted by Crippen LogP contribution is -2.28. The van der Waals surface area contributed by atoms with Gasteiger partial charge in [0.15, 0.2) is 0 Å². The summed E-state index contributed by atoms with van der Waals surface area (Å²) in [6.45, 7) is 6.86. The summed E-state index contributed by atoms with van der Waals surface area (Å²) in [4.78, 5) is 3.60. The van der Waals surface area contributed by atoms with E-state index in [2.05, 4.69) is 54.3 Å². The van der Waals surface area contributed by atoms with Gasteiger partial charge in [-0.05, 0) is 18.6 Å². The molecule has 0 unspecified atom stereocenters. The van der Waals surface area contributed by atoms with Crippen LogP contribution < -0.4 is 5.73 Å². The average Bonchev–Trinajstić information content (AvgIpc) is 3.23. The maximum Gasteiger partial charge on any atom is 0.143 e. The minimum absolute atomic E-state index is 0.188. The van der Waals surface area contributed by atoms with Gasteiger partial charge in [0.05, 0.1) is 11.3 Å². The van der Waals surface area contributed by atoms with Gasteiger partial charge >= 0.3 is 0 Å². The van der Waals surface area contributed by atoms with Crippen LogP contribution >= 0.6 is 0 Å². The molecular formula is C22H23N3O. The number of fused-ring (bicyclic) bond motifs is 1. The van der Waals surface area contributed by atoms with Crippen LogP contribution in [0.4, 0.5) is 0 Å². The molecule has 3 N–H and O–H groups in total. The topological polar surface area (TPSA) is 67.8 Å². The predicted octanol–water partition coefficient (Wildman–Crippen LogP) is 5.03. The molecule has 2 heterocycles. The third kappa shape index (κ3) is 2.54. The molecule has 4 rings (SSSR count). The predicted molar refractivity (Wildman–Crippen MR) is 106 cm³/mol. The van der Waals surface area contributed by atoms with Gasteiger partial charge in [-0.1, -0.05) is 67.5 Å². The van der Waals surface area contributed by atoms with Gasteiger partial charge in [-0.15, -0.1) is 0 Å². The van der Waals surface area contributed by atoms with Gasteiger partial charge in [-0.25, -0.2) is 0 Å². The van der Waals surface area contributed by atoms with Crippen molar-refractivity contribution in [3.8, 4) is 22.5 Å². The van der Waals surface area contributed by atoms with E-state index in [0.717, 1.165) is 33.8 Å². The molecule has 0 saturated heterocycles. The van der Waals surface area contributed by atoms with Gasteiger partial charge in [-0.3, -0.25) is 0 Å². The summed E-state index contributed by atoms with van der Waals surface area (Å²) < 4.78 is 5.60. The fraction of sp³-hybridized carbons (Fsp3) is 0.227. The van der Waals surface area contributed by atoms with Crippen molar-refractivity contribution in [1.82, 2.24) is 10.1 Å². The van der Waals surface area contributed by atoms with Gasteiger partial charge in [0, 0.05) is 28.4 Å². The SMILES string of the molecule is Cc1onc(-c2ccccc2)c1-c1[nH]c2ccccc2c1C(C)(C)CN. The second-order valence-electron chi connectivity index (χ2n) is 7.34. The number of nitrogens with one attached hydrogen (secondary N) is 1. The van der Waals surface area contributed by atoms with Crippen molar-refractivity contribution in [3.63, 3.8) is 0 Å². The lowest BCUT2D eigenvalue weighted by Gasteiger charge is -2.24. The highest BCUT2D eigenvalue weighted by Gasteiger charge is 2.30. The number of para-hydroxylation sites is 1. The van der Waals surface area contributed by atoms with Crippen LogP contribution in [0.3, 0.4) is 0 Å². The summed E-state index contributed by atoms with van der Waals surface area (Å²) in [5.74, 6) is 0.796. The van der Waals surface area contributed by atoms with Crippen LogP contribution in [-0.2, 0) is 5.41 Å². The van der Waals surface area contributed by atoms with Crippen LogP contribution in [0.5, 0.6) is 0 Å². The first kappa shape index (κ1) is 16.6. The molecule has 0 aliphatic rings. The fourth-order valence-corrected chi connectivity index (χ4v) is 3.59. The minimum Gasteiger partial charge on any atom is -0.360 e. The molecule has 0 fully saturated rings. The van der Waals surface area contributed by atoms with Crippen LogP contribution in [0.15, 0.2) is 59.1 Å². The Hall–Kier alpha value is -2.85. The summed E-state index contributed by atoms with van der Waals surface area (Å²) in [5, 5.41) is 5.55. The smallest absolute Gasteiger partial charge is 0.143 e. The fourth-order valence-electron chi connectivity index (χ4n) is 3.59. The standard InChI is InChI=1S/C22H23N3O/c1-14-18(20(25-26-14)15-9-5-4-6-10-15)21-19(22(2,3)13-23)16-11-7-8-12-17(16)24-21/h4-12,24H,13,23H2,1-3H3. The molecule has 0 bridgehead atoms. The van der Waals surface area contributed by atoms with Gasteiger partial charge in [0.1, 0.15) is 11.5 Å². The number of nitrogens with zero attached hydrogens (tertiary/aromatic N) is 1. The normalized spacial score (nSPS) is 12.0. The molecule has 0 spiro atoms. The molecule has 26 heavy (non-hydrogen) atoms. The lowest BCUT2D eigenvalue weighted by molar-refractivity contribution is 0.400. The Balaban J connectivity index is 2.05. The van der Waals surface area contributed by atoms with Crippen molar-refractivity contribution in [2.24, 2.45) is 5.73 Å². The Morgan fingerprint density at radius 1 is 1.04 bits per heavy atom. The zero-order valence-corrected chi connectivity index (χ0v) is 15.3. The van der Waals surface area contributed by atoms with Crippen LogP contribution in [0.2, 0.25) is 0 Å². The molecule has 4 heteroatoms. The Morgan fingerprint density at radius 3 is 2.46 bits per heavy atom. The second-order valence-corrected chi connectivity index (χ2v) is 7.34. The Kier molecular flexibility index (Phi) is 3.93. The first-order valence-corrected chi connectivity index (χ1v) is 8.86. The van der Waals surface area contributed by atoms with Gasteiger partial charge < -0.3 is 15.2 Å². The molecule has 132 valence electrons. The highest BCUT2D eigenvalue weighted by atomic mass is 16.5. The molecule has 0 radical (unpaired) electrons. The van der Waals surface area contributed by atoms with E-state index in [0.29, 0.717) is 6.54 Å². The van der Waals surface area contributed by atoms with E-state index >= 15 is 0 Å². The second kappa shape index (κ2) is 6.15. The van der Waals surface area contributed by atoms with Gasteiger partial charge in [0.25, 0.3) is 0 Å². The van der Waals surface area contributed by atoms with Crippen molar-refractivity contribution < 1.29 is 4.52 Å². The number of aryl methyl sites for hydroxylation is 1. The minimum atomic E-state index is -0.188. The first-order valence-electron chi connectivity index (χ1n) is 8.86. The highest BCUT2D eigenvalue weighted by molar-refractivity contribution is 5.95. The molecule has 2 aromatic heterocycles. The van der Waals surface area contributed by atoms with Crippen LogP contribution in [0.1, 0.15) is 25.2 Å². The van der Waals surface area contributed by atoms with Gasteiger partial charge in [-0.2, -0.15) is 0 Å². The van der Waals surface area contributed by atoms with Crippen molar-refractivity contribution >= 4 is 10.9 Å². The number of nitrogens with two attached hydrogens (primary N) is 1. The molecule has 0 amide bonds. The zero-order chi connectivity index (χ0) is 18.3. The third-order valence-electron chi connectivity index (χ3n) is 5.05. The number of hydrogen-bond acceptors (Lipinski definition) is 3. The van der Waals surface area contributed by atoms with Crippen LogP contribution in [0.25, 0.3) is 33.4 Å². The summed E-state index contributed by atoms with van der Waals surface area (Å²) in [5.41, 5.74) is 12.2. The van der Waals surface area contributed by atoms with E-state index in [4.69, 9.17) is 10.3 Å². The number of rotatable bonds is 4. The van der Waals surface area contributed by atoms with Gasteiger partial charge in [0.2, 0.25) is 0 Å². The quantitative estimate of drug-likeness (QED) is 0.545. The van der Waals surface area contributed by atoms with E-state index in [1.165, 1.54) is 10.9 Å². The van der Waals surface area contributed by atoms with Crippen LogP contribution in [-0.4, -0.2) is 16.7 Å². The Labute approximate surface area is 153 Å². The van der Waals surface area contributed by atoms with Crippen molar-refractivity contribution in [1.29, 1.82) is 0 Å². The maximum absolute atomic E-state index is 6.15. The lowest BCUT2D eigenvalue weighted by atomic mass is 9.81. The summed E-state index contributed by atoms with van der Waals surface area (Å²) in [7, 11) is 0. The number of aromatic nitrogens is 2. The summed E-state index contributed by atoms with van der Waals surface area (Å²) >= 11 is 0. The highest BCUT2D eigenvalue weighted by Crippen LogP contribution is 2.42. The monoisotopic (exact) mass is 345 g/mol. The average molecular weight is 345 g/mol. The Morgan fingerprint density at radius 2 is 1.73 bits per heavy atom. The maximum atomic E-state index is 6.15. The number of hydrogen-bond donors (Lipinski definition) is 2. The number of benzene rings is 2. The summed E-state index contributed by atoms with van der Waals surface area (Å²) in [6.07, 6.45) is 0. The Bertz CT molecular complexity index is 1060. The first-order chi connectivity index (χ1) is 12.5. The molecule has 0 aliphatic heterocycles. The van der Waals surface area contributed by atoms with Crippen molar-refractivity contribution in [2.45, 2.75) is 26.2 Å². The van der Waals surface area contributed by atoms with E-state index in [9.17, 15) is 0 Å². The zero-order valence-electron chi connectivity index (χ0n) is 15.3. The number of H-pyrrole nitrogens is 1. The van der Waals surface area contributed by atoms with Crippen molar-refractivity contribution in [2.75, 3.05) is 6.54 Å². The molecular weight excluding hydrogens is 322 g/mol. The molecule has 0 saturated carbocycles. The third-order valence-corrected chi connectivity index (χ3v) is 5.05. The largest absolute Gasteiger partial charge is 0.360 e. The van der Waals surface area contributed by atoms with E-state index in [-0.39, 0.29) is 5.41 Å². The van der Waals surface area contributed by atoms with Crippen molar-refractivity contribution in [3.05, 3.63) is 65.9 Å². The molecule has 4 aromatic rings. The molecule has 0 atom stereocenters. The van der Waals surface area contributed by atoms with E-state index in [1.807, 2.05) is 31.2 Å². The number of aromatic amines is 1.